The molecule has 0 saturated heterocycles. The van der Waals surface area contributed by atoms with Crippen LogP contribution in [0, 0.1) is 0 Å². The molecule has 0 atom stereocenters. The lowest BCUT2D eigenvalue weighted by atomic mass is 9.96. The minimum atomic E-state index is 0.111. The smallest absolute Gasteiger partial charge is 0.174 e. The van der Waals surface area contributed by atoms with Crippen LogP contribution < -0.4 is 10.6 Å². The number of hydrogen-bond donors (Lipinski definition) is 3. The van der Waals surface area contributed by atoms with Crippen molar-refractivity contribution in [1.29, 1.82) is 0 Å². The second kappa shape index (κ2) is 5.82. The summed E-state index contributed by atoms with van der Waals surface area (Å²) in [5, 5.41) is 16.3. The van der Waals surface area contributed by atoms with Gasteiger partial charge in [-0.15, -0.1) is 0 Å². The summed E-state index contributed by atoms with van der Waals surface area (Å²) in [5.41, 5.74) is 0. The predicted octanol–water partition coefficient (Wildman–Crippen LogP) is 2.41. The van der Waals surface area contributed by atoms with Gasteiger partial charge < -0.3 is 15.7 Å². The molecule has 1 aromatic rings. The number of anilines is 1. The molecule has 1 aliphatic rings. The lowest BCUT2D eigenvalue weighted by Crippen LogP contribution is -2.38. The Hall–Kier alpha value is -1.36. The van der Waals surface area contributed by atoms with Crippen LogP contribution in [0.5, 0.6) is 5.75 Å². The number of aromatic nitrogens is 1. The standard InChI is InChI=1S/C12H17N3OS/c16-10-7-4-8-13-11(10)15-12(17)14-9-5-2-1-3-6-9/h4,7-9,16H,1-3,5-6H2,(H2,13,14,15,17). The van der Waals surface area contributed by atoms with Crippen LogP contribution in [-0.4, -0.2) is 21.2 Å². The Morgan fingerprint density at radius 3 is 2.82 bits per heavy atom. The van der Waals surface area contributed by atoms with Gasteiger partial charge in [0.1, 0.15) is 0 Å². The number of hydrogen-bond acceptors (Lipinski definition) is 3. The molecule has 1 aromatic heterocycles. The first-order valence-corrected chi connectivity index (χ1v) is 6.38. The number of rotatable bonds is 2. The number of nitrogens with one attached hydrogen (secondary N) is 2. The molecule has 1 fully saturated rings. The molecule has 0 aromatic carbocycles. The first-order chi connectivity index (χ1) is 8.25. The summed E-state index contributed by atoms with van der Waals surface area (Å²) < 4.78 is 0. The van der Waals surface area contributed by atoms with Gasteiger partial charge in [0.25, 0.3) is 0 Å². The van der Waals surface area contributed by atoms with Crippen LogP contribution in [0.25, 0.3) is 0 Å². The Labute approximate surface area is 106 Å². The van der Waals surface area contributed by atoms with Crippen LogP contribution in [-0.2, 0) is 0 Å². The van der Waals surface area contributed by atoms with E-state index in [4.69, 9.17) is 12.2 Å². The van der Waals surface area contributed by atoms with Crippen LogP contribution >= 0.6 is 12.2 Å². The van der Waals surface area contributed by atoms with E-state index in [-0.39, 0.29) is 5.75 Å². The van der Waals surface area contributed by atoms with E-state index < -0.39 is 0 Å². The maximum atomic E-state index is 9.55. The molecule has 4 nitrogen and oxygen atoms in total. The number of aromatic hydroxyl groups is 1. The third-order valence-electron chi connectivity index (χ3n) is 2.96. The predicted molar refractivity (Wildman–Crippen MR) is 72.1 cm³/mol. The van der Waals surface area contributed by atoms with Gasteiger partial charge in [-0.1, -0.05) is 19.3 Å². The second-order valence-electron chi connectivity index (χ2n) is 4.30. The monoisotopic (exact) mass is 251 g/mol. The first kappa shape index (κ1) is 12.1. The van der Waals surface area contributed by atoms with E-state index in [2.05, 4.69) is 15.6 Å². The second-order valence-corrected chi connectivity index (χ2v) is 4.71. The molecule has 0 unspecified atom stereocenters. The third kappa shape index (κ3) is 3.56. The molecule has 0 radical (unpaired) electrons. The van der Waals surface area contributed by atoms with E-state index in [0.717, 1.165) is 12.8 Å². The van der Waals surface area contributed by atoms with Crippen molar-refractivity contribution in [3.05, 3.63) is 18.3 Å². The highest BCUT2D eigenvalue weighted by Gasteiger charge is 2.14. The van der Waals surface area contributed by atoms with E-state index in [1.54, 1.807) is 18.3 Å². The fourth-order valence-electron chi connectivity index (χ4n) is 2.07. The van der Waals surface area contributed by atoms with E-state index >= 15 is 0 Å². The van der Waals surface area contributed by atoms with E-state index in [9.17, 15) is 5.11 Å². The highest BCUT2D eigenvalue weighted by molar-refractivity contribution is 7.80. The summed E-state index contributed by atoms with van der Waals surface area (Å²) in [6.07, 6.45) is 7.78. The van der Waals surface area contributed by atoms with Crippen molar-refractivity contribution in [2.24, 2.45) is 0 Å². The molecule has 1 aliphatic carbocycles. The molecular weight excluding hydrogens is 234 g/mol. The number of thiocarbonyl (C=S) groups is 1. The van der Waals surface area contributed by atoms with Crippen molar-refractivity contribution in [1.82, 2.24) is 10.3 Å². The van der Waals surface area contributed by atoms with Gasteiger partial charge in [0.05, 0.1) is 0 Å². The summed E-state index contributed by atoms with van der Waals surface area (Å²) in [7, 11) is 0. The van der Waals surface area contributed by atoms with Crippen LogP contribution in [0.1, 0.15) is 32.1 Å². The summed E-state index contributed by atoms with van der Waals surface area (Å²) >= 11 is 5.20. The minimum absolute atomic E-state index is 0.111. The number of nitrogens with zero attached hydrogens (tertiary/aromatic N) is 1. The largest absolute Gasteiger partial charge is 0.504 e. The maximum Gasteiger partial charge on any atom is 0.174 e. The molecule has 0 bridgehead atoms. The third-order valence-corrected chi connectivity index (χ3v) is 3.18. The zero-order valence-electron chi connectivity index (χ0n) is 9.65. The van der Waals surface area contributed by atoms with E-state index in [1.807, 2.05) is 0 Å². The minimum Gasteiger partial charge on any atom is -0.504 e. The molecule has 1 heterocycles. The molecule has 1 saturated carbocycles. The molecule has 2 rings (SSSR count). The van der Waals surface area contributed by atoms with Crippen molar-refractivity contribution in [2.45, 2.75) is 38.1 Å². The van der Waals surface area contributed by atoms with E-state index in [1.165, 1.54) is 19.3 Å². The Bertz CT molecular complexity index is 391. The van der Waals surface area contributed by atoms with Gasteiger partial charge in [0.15, 0.2) is 16.7 Å². The number of pyridine rings is 1. The van der Waals surface area contributed by atoms with Crippen molar-refractivity contribution in [2.75, 3.05) is 5.32 Å². The molecular formula is C12H17N3OS. The van der Waals surface area contributed by atoms with Crippen molar-refractivity contribution >= 4 is 23.1 Å². The van der Waals surface area contributed by atoms with Crippen LogP contribution in [0.2, 0.25) is 0 Å². The van der Waals surface area contributed by atoms with Gasteiger partial charge in [-0.25, -0.2) is 4.98 Å². The summed E-state index contributed by atoms with van der Waals surface area (Å²) in [6.45, 7) is 0. The molecule has 17 heavy (non-hydrogen) atoms. The lowest BCUT2D eigenvalue weighted by Gasteiger charge is -2.24. The van der Waals surface area contributed by atoms with Gasteiger partial charge in [-0.2, -0.15) is 0 Å². The van der Waals surface area contributed by atoms with Gasteiger partial charge in [-0.05, 0) is 37.2 Å². The quantitative estimate of drug-likeness (QED) is 0.705. The Morgan fingerprint density at radius 2 is 2.12 bits per heavy atom. The molecule has 0 amide bonds. The highest BCUT2D eigenvalue weighted by Crippen LogP contribution is 2.19. The topological polar surface area (TPSA) is 57.2 Å². The van der Waals surface area contributed by atoms with Crippen molar-refractivity contribution < 1.29 is 5.11 Å². The van der Waals surface area contributed by atoms with Crippen molar-refractivity contribution in [3.8, 4) is 5.75 Å². The van der Waals surface area contributed by atoms with Gasteiger partial charge >= 0.3 is 0 Å². The summed E-state index contributed by atoms with van der Waals surface area (Å²) in [5.74, 6) is 0.515. The van der Waals surface area contributed by atoms with Gasteiger partial charge in [-0.3, -0.25) is 0 Å². The molecule has 0 spiro atoms. The zero-order valence-corrected chi connectivity index (χ0v) is 10.5. The lowest BCUT2D eigenvalue weighted by molar-refractivity contribution is 0.414. The molecule has 5 heteroatoms. The van der Waals surface area contributed by atoms with Gasteiger partial charge in [0, 0.05) is 12.2 Å². The van der Waals surface area contributed by atoms with Crippen LogP contribution in [0.3, 0.4) is 0 Å². The Morgan fingerprint density at radius 1 is 1.35 bits per heavy atom. The fourth-order valence-corrected chi connectivity index (χ4v) is 2.33. The average Bonchev–Trinajstić information content (AvgIpc) is 2.33. The fraction of sp³-hybridized carbons (Fsp3) is 0.500. The average molecular weight is 251 g/mol. The normalized spacial score (nSPS) is 16.5. The van der Waals surface area contributed by atoms with Crippen LogP contribution in [0.15, 0.2) is 18.3 Å². The van der Waals surface area contributed by atoms with Crippen LogP contribution in [0.4, 0.5) is 5.82 Å². The first-order valence-electron chi connectivity index (χ1n) is 5.97. The summed E-state index contributed by atoms with van der Waals surface area (Å²) in [4.78, 5) is 4.02. The van der Waals surface area contributed by atoms with Crippen molar-refractivity contribution in [3.63, 3.8) is 0 Å². The van der Waals surface area contributed by atoms with E-state index in [0.29, 0.717) is 17.0 Å². The SMILES string of the molecule is Oc1cccnc1NC(=S)NC1CCCCC1. The Balaban J connectivity index is 1.86. The molecule has 92 valence electrons. The zero-order chi connectivity index (χ0) is 12.1. The molecule has 3 N–H and O–H groups in total. The molecule has 0 aliphatic heterocycles. The Kier molecular flexibility index (Phi) is 4.14. The van der Waals surface area contributed by atoms with Gasteiger partial charge in [0.2, 0.25) is 0 Å². The maximum absolute atomic E-state index is 9.55. The summed E-state index contributed by atoms with van der Waals surface area (Å²) in [6, 6.07) is 3.71. The highest BCUT2D eigenvalue weighted by atomic mass is 32.1.